The van der Waals surface area contributed by atoms with Gasteiger partial charge in [-0.2, -0.15) is 0 Å². The van der Waals surface area contributed by atoms with Crippen LogP contribution >= 0.6 is 0 Å². The van der Waals surface area contributed by atoms with Crippen LogP contribution in [-0.4, -0.2) is 37.2 Å². The van der Waals surface area contributed by atoms with Crippen LogP contribution < -0.4 is 0 Å². The Labute approximate surface area is 501 Å². The lowest BCUT2D eigenvalue weighted by Gasteiger charge is -2.18. The van der Waals surface area contributed by atoms with Crippen molar-refractivity contribution in [1.82, 2.24) is 0 Å². The number of unbranched alkanes of at least 4 members (excludes halogenated alkanes) is 30. The summed E-state index contributed by atoms with van der Waals surface area (Å²) in [5, 5.41) is 0. The van der Waals surface area contributed by atoms with Crippen molar-refractivity contribution in [2.24, 2.45) is 0 Å². The molecule has 0 fully saturated rings. The Morgan fingerprint density at radius 1 is 0.259 bits per heavy atom. The monoisotopic (exact) mass is 1120 g/mol. The van der Waals surface area contributed by atoms with Crippen LogP contribution in [0.15, 0.2) is 122 Å². The molecule has 0 heterocycles. The van der Waals surface area contributed by atoms with Crippen LogP contribution in [0.1, 0.15) is 316 Å². The van der Waals surface area contributed by atoms with Crippen LogP contribution in [0.3, 0.4) is 0 Å². The van der Waals surface area contributed by atoms with Gasteiger partial charge in [-0.3, -0.25) is 14.4 Å². The van der Waals surface area contributed by atoms with E-state index in [2.05, 4.69) is 136 Å². The molecule has 0 saturated carbocycles. The average molecular weight is 1120 g/mol. The molecular formula is C75H126O6. The predicted octanol–water partition coefficient (Wildman–Crippen LogP) is 23.6. The molecule has 1 atom stereocenters. The van der Waals surface area contributed by atoms with Gasteiger partial charge >= 0.3 is 17.9 Å². The Morgan fingerprint density at radius 3 is 0.827 bits per heavy atom. The second-order valence-electron chi connectivity index (χ2n) is 22.3. The van der Waals surface area contributed by atoms with E-state index in [9.17, 15) is 14.4 Å². The van der Waals surface area contributed by atoms with E-state index in [-0.39, 0.29) is 37.5 Å². The molecule has 0 aromatic carbocycles. The molecule has 81 heavy (non-hydrogen) atoms. The SMILES string of the molecule is CC/C=C\C/C=C\C/C=C\C/C=C\CCCCCCCCCCCCCCCCCCCCCCCCC(=O)OCC(COC(=O)CC/C=C\C/C=C\C/C=C\C/C=C\CC)OC(=O)CCCCCCC/C=C\C/C=C\CCCCC. The number of carbonyl (C=O) groups is 3. The number of rotatable bonds is 61. The highest BCUT2D eigenvalue weighted by molar-refractivity contribution is 5.71. The van der Waals surface area contributed by atoms with Crippen LogP contribution in [0.4, 0.5) is 0 Å². The largest absolute Gasteiger partial charge is 0.462 e. The highest BCUT2D eigenvalue weighted by Crippen LogP contribution is 2.17. The van der Waals surface area contributed by atoms with Crippen LogP contribution in [0, 0.1) is 0 Å². The van der Waals surface area contributed by atoms with Crippen molar-refractivity contribution < 1.29 is 28.6 Å². The summed E-state index contributed by atoms with van der Waals surface area (Å²) in [6.45, 7) is 6.33. The van der Waals surface area contributed by atoms with E-state index >= 15 is 0 Å². The number of esters is 3. The van der Waals surface area contributed by atoms with Gasteiger partial charge in [0.05, 0.1) is 0 Å². The number of allylic oxidation sites excluding steroid dienone is 20. The van der Waals surface area contributed by atoms with Crippen LogP contribution in [0.5, 0.6) is 0 Å². The topological polar surface area (TPSA) is 78.9 Å². The van der Waals surface area contributed by atoms with Gasteiger partial charge in [-0.1, -0.05) is 303 Å². The second kappa shape index (κ2) is 68.3. The zero-order valence-electron chi connectivity index (χ0n) is 53.0. The molecule has 0 amide bonds. The van der Waals surface area contributed by atoms with E-state index in [1.165, 1.54) is 154 Å². The van der Waals surface area contributed by atoms with E-state index in [4.69, 9.17) is 14.2 Å². The van der Waals surface area contributed by atoms with Crippen molar-refractivity contribution in [2.45, 2.75) is 322 Å². The minimum Gasteiger partial charge on any atom is -0.462 e. The average Bonchev–Trinajstić information content (AvgIpc) is 3.46. The maximum Gasteiger partial charge on any atom is 0.306 e. The van der Waals surface area contributed by atoms with Gasteiger partial charge in [-0.05, 0) is 116 Å². The first-order valence-electron chi connectivity index (χ1n) is 34.0. The van der Waals surface area contributed by atoms with Crippen molar-refractivity contribution in [3.8, 4) is 0 Å². The van der Waals surface area contributed by atoms with Gasteiger partial charge in [0.15, 0.2) is 6.10 Å². The lowest BCUT2D eigenvalue weighted by atomic mass is 10.0. The molecule has 0 aliphatic carbocycles. The first-order valence-corrected chi connectivity index (χ1v) is 34.0. The first kappa shape index (κ1) is 76.8. The normalized spacial score (nSPS) is 12.9. The minimum atomic E-state index is -0.815. The lowest BCUT2D eigenvalue weighted by Crippen LogP contribution is -2.30. The standard InChI is InChI=1S/C75H126O6/c1-4-7-10-13-16-19-22-25-27-28-29-30-31-32-33-34-35-36-37-38-39-40-41-42-43-44-45-46-48-50-53-56-59-62-65-68-74(77)80-71-72(70-79-73(76)67-64-61-58-55-52-49-24-21-18-15-12-9-6-3)81-75(78)69-66-63-60-57-54-51-47-26-23-20-17-14-11-8-5-2/h7,9-10,12,16-21,25-27,29-30,47,49,52,58,61,72H,4-6,8,11,13-15,22-24,28,31-46,48,50-51,53-57,59-60,62-71H2,1-3H3/b10-7-,12-9-,19-16-,20-17-,21-18-,27-25-,30-29-,47-26-,52-49-,61-58-. The summed E-state index contributed by atoms with van der Waals surface area (Å²) in [4.78, 5) is 38.2. The maximum absolute atomic E-state index is 12.9. The zero-order valence-corrected chi connectivity index (χ0v) is 53.0. The molecule has 0 aromatic rings. The number of hydrogen-bond donors (Lipinski definition) is 0. The van der Waals surface area contributed by atoms with Crippen molar-refractivity contribution in [3.63, 3.8) is 0 Å². The fraction of sp³-hybridized carbons (Fsp3) is 0.693. The number of carbonyl (C=O) groups excluding carboxylic acids is 3. The highest BCUT2D eigenvalue weighted by atomic mass is 16.6. The Kier molecular flexibility index (Phi) is 64.8. The predicted molar refractivity (Wildman–Crippen MR) is 353 cm³/mol. The van der Waals surface area contributed by atoms with Crippen LogP contribution in [0.25, 0.3) is 0 Å². The fourth-order valence-electron chi connectivity index (χ4n) is 9.42. The summed E-state index contributed by atoms with van der Waals surface area (Å²) in [6, 6.07) is 0. The third-order valence-corrected chi connectivity index (χ3v) is 14.4. The van der Waals surface area contributed by atoms with Crippen molar-refractivity contribution in [2.75, 3.05) is 13.2 Å². The molecule has 6 nitrogen and oxygen atoms in total. The molecular weight excluding hydrogens is 997 g/mol. The Bertz CT molecular complexity index is 1670. The van der Waals surface area contributed by atoms with E-state index in [0.29, 0.717) is 19.3 Å². The molecule has 0 rings (SSSR count). The maximum atomic E-state index is 12.9. The first-order chi connectivity index (χ1) is 40.0. The van der Waals surface area contributed by atoms with Crippen molar-refractivity contribution >= 4 is 17.9 Å². The van der Waals surface area contributed by atoms with Crippen LogP contribution in [-0.2, 0) is 28.6 Å². The lowest BCUT2D eigenvalue weighted by molar-refractivity contribution is -0.166. The quantitative estimate of drug-likeness (QED) is 0.0261. The molecule has 0 aliphatic rings. The van der Waals surface area contributed by atoms with E-state index in [1.807, 2.05) is 6.08 Å². The van der Waals surface area contributed by atoms with Gasteiger partial charge in [-0.15, -0.1) is 0 Å². The summed E-state index contributed by atoms with van der Waals surface area (Å²) in [7, 11) is 0. The summed E-state index contributed by atoms with van der Waals surface area (Å²) in [5.74, 6) is -0.996. The Morgan fingerprint density at radius 2 is 0.506 bits per heavy atom. The van der Waals surface area contributed by atoms with Crippen molar-refractivity contribution in [3.05, 3.63) is 122 Å². The van der Waals surface area contributed by atoms with E-state index < -0.39 is 6.10 Å². The third kappa shape index (κ3) is 66.5. The molecule has 0 aromatic heterocycles. The van der Waals surface area contributed by atoms with Gasteiger partial charge in [0.1, 0.15) is 13.2 Å². The smallest absolute Gasteiger partial charge is 0.306 e. The molecule has 0 radical (unpaired) electrons. The van der Waals surface area contributed by atoms with Gasteiger partial charge in [0.2, 0.25) is 0 Å². The summed E-state index contributed by atoms with van der Waals surface area (Å²) < 4.78 is 16.8. The minimum absolute atomic E-state index is 0.104. The Balaban J connectivity index is 4.14. The molecule has 462 valence electrons. The molecule has 0 N–H and O–H groups in total. The third-order valence-electron chi connectivity index (χ3n) is 14.4. The number of ether oxygens (including phenoxy) is 3. The molecule has 0 spiro atoms. The van der Waals surface area contributed by atoms with Gasteiger partial charge in [0, 0.05) is 19.3 Å². The molecule has 6 heteroatoms. The summed E-state index contributed by atoms with van der Waals surface area (Å²) in [5.41, 5.74) is 0. The van der Waals surface area contributed by atoms with Crippen molar-refractivity contribution in [1.29, 1.82) is 0 Å². The molecule has 0 saturated heterocycles. The van der Waals surface area contributed by atoms with Gasteiger partial charge < -0.3 is 14.2 Å². The van der Waals surface area contributed by atoms with Crippen LogP contribution in [0.2, 0.25) is 0 Å². The van der Waals surface area contributed by atoms with E-state index in [1.54, 1.807) is 0 Å². The zero-order chi connectivity index (χ0) is 58.5. The molecule has 1 unspecified atom stereocenters. The fourth-order valence-corrected chi connectivity index (χ4v) is 9.42. The summed E-state index contributed by atoms with van der Waals surface area (Å²) in [6.07, 6.45) is 95.4. The summed E-state index contributed by atoms with van der Waals surface area (Å²) >= 11 is 0. The number of hydrogen-bond acceptors (Lipinski definition) is 6. The van der Waals surface area contributed by atoms with E-state index in [0.717, 1.165) is 116 Å². The second-order valence-corrected chi connectivity index (χ2v) is 22.3. The van der Waals surface area contributed by atoms with Gasteiger partial charge in [0.25, 0.3) is 0 Å². The molecule has 0 aliphatic heterocycles. The highest BCUT2D eigenvalue weighted by Gasteiger charge is 2.19. The Hall–Kier alpha value is -4.19. The molecule has 0 bridgehead atoms. The van der Waals surface area contributed by atoms with Gasteiger partial charge in [-0.25, -0.2) is 0 Å².